The molecule has 160 valence electrons. The Morgan fingerprint density at radius 2 is 1.52 bits per heavy atom. The van der Waals surface area contributed by atoms with Crippen LogP contribution in [-0.4, -0.2) is 41.5 Å². The number of aryl methyl sites for hydroxylation is 2. The molecule has 31 heavy (non-hydrogen) atoms. The van der Waals surface area contributed by atoms with Gasteiger partial charge in [-0.05, 0) is 47.9 Å². The average Bonchev–Trinajstić information content (AvgIpc) is 2.73. The average molecular weight is 419 g/mol. The summed E-state index contributed by atoms with van der Waals surface area (Å²) >= 11 is 0. The lowest BCUT2D eigenvalue weighted by atomic mass is 10.0. The molecule has 0 saturated heterocycles. The molecule has 0 aliphatic carbocycles. The van der Waals surface area contributed by atoms with Crippen LogP contribution >= 0.6 is 0 Å². The fourth-order valence-electron chi connectivity index (χ4n) is 3.37. The topological polar surface area (TPSA) is 98.7 Å². The maximum absolute atomic E-state index is 13.0. The maximum Gasteiger partial charge on any atom is 0.323 e. The van der Waals surface area contributed by atoms with Gasteiger partial charge in [-0.25, -0.2) is 4.79 Å². The Bertz CT molecular complexity index is 1140. The van der Waals surface area contributed by atoms with Crippen molar-refractivity contribution in [2.45, 2.75) is 20.3 Å². The number of carboxylic acid groups (broad SMARTS) is 1. The van der Waals surface area contributed by atoms with Crippen molar-refractivity contribution in [2.75, 3.05) is 24.2 Å². The molecule has 7 nitrogen and oxygen atoms in total. The van der Waals surface area contributed by atoms with Crippen LogP contribution in [0, 0.1) is 13.8 Å². The largest absolute Gasteiger partial charge is 0.481 e. The number of benzene rings is 3. The summed E-state index contributed by atoms with van der Waals surface area (Å²) in [6.07, 6.45) is -0.161. The van der Waals surface area contributed by atoms with E-state index in [1.165, 1.54) is 4.90 Å². The Labute approximate surface area is 180 Å². The van der Waals surface area contributed by atoms with Gasteiger partial charge in [-0.15, -0.1) is 0 Å². The van der Waals surface area contributed by atoms with Gasteiger partial charge in [-0.1, -0.05) is 42.5 Å². The first kappa shape index (κ1) is 21.8. The van der Waals surface area contributed by atoms with E-state index < -0.39 is 12.0 Å². The van der Waals surface area contributed by atoms with Gasteiger partial charge in [0, 0.05) is 19.3 Å². The van der Waals surface area contributed by atoms with Crippen molar-refractivity contribution >= 4 is 40.1 Å². The molecule has 0 aromatic heterocycles. The van der Waals surface area contributed by atoms with E-state index in [1.807, 2.05) is 56.3 Å². The van der Waals surface area contributed by atoms with Crippen LogP contribution in [0.25, 0.3) is 10.8 Å². The quantitative estimate of drug-likeness (QED) is 0.542. The summed E-state index contributed by atoms with van der Waals surface area (Å²) < 4.78 is 0. The van der Waals surface area contributed by atoms with Gasteiger partial charge in [-0.2, -0.15) is 0 Å². The second-order valence-corrected chi connectivity index (χ2v) is 7.46. The lowest BCUT2D eigenvalue weighted by Gasteiger charge is -2.20. The molecular formula is C24H25N3O4. The van der Waals surface area contributed by atoms with Crippen LogP contribution in [-0.2, 0) is 4.79 Å². The number of aliphatic carboxylic acids is 1. The van der Waals surface area contributed by atoms with Gasteiger partial charge in [0.1, 0.15) is 0 Å². The van der Waals surface area contributed by atoms with Crippen LogP contribution < -0.4 is 10.6 Å². The number of carboxylic acids is 1. The first-order chi connectivity index (χ1) is 14.8. The monoisotopic (exact) mass is 419 g/mol. The van der Waals surface area contributed by atoms with Gasteiger partial charge in [0.15, 0.2) is 0 Å². The van der Waals surface area contributed by atoms with Crippen molar-refractivity contribution in [3.63, 3.8) is 0 Å². The van der Waals surface area contributed by atoms with Crippen molar-refractivity contribution in [1.29, 1.82) is 0 Å². The van der Waals surface area contributed by atoms with Gasteiger partial charge < -0.3 is 20.6 Å². The van der Waals surface area contributed by atoms with Crippen molar-refractivity contribution in [3.8, 4) is 0 Å². The van der Waals surface area contributed by atoms with Crippen LogP contribution in [0.3, 0.4) is 0 Å². The van der Waals surface area contributed by atoms with Crippen molar-refractivity contribution < 1.29 is 19.5 Å². The molecule has 3 aromatic carbocycles. The number of rotatable bonds is 6. The van der Waals surface area contributed by atoms with E-state index in [1.54, 1.807) is 19.2 Å². The minimum atomic E-state index is -0.982. The maximum atomic E-state index is 13.0. The molecule has 0 bridgehead atoms. The third kappa shape index (κ3) is 5.19. The lowest BCUT2D eigenvalue weighted by Crippen LogP contribution is -2.30. The highest BCUT2D eigenvalue weighted by molar-refractivity contribution is 6.09. The summed E-state index contributed by atoms with van der Waals surface area (Å²) in [5, 5.41) is 16.3. The summed E-state index contributed by atoms with van der Waals surface area (Å²) in [5.74, 6) is -1.35. The number of urea groups is 1. The van der Waals surface area contributed by atoms with E-state index in [-0.39, 0.29) is 18.9 Å². The minimum Gasteiger partial charge on any atom is -0.481 e. The zero-order valence-electron chi connectivity index (χ0n) is 17.7. The lowest BCUT2D eigenvalue weighted by molar-refractivity contribution is -0.137. The third-order valence-electron chi connectivity index (χ3n) is 5.09. The van der Waals surface area contributed by atoms with E-state index >= 15 is 0 Å². The minimum absolute atomic E-state index is 0.0645. The SMILES string of the molecule is Cc1cccc(C)c1NC(=O)Nc1cc2ccccc2cc1C(=O)N(C)CCC(=O)O. The summed E-state index contributed by atoms with van der Waals surface area (Å²) in [7, 11) is 1.54. The number of hydrogen-bond donors (Lipinski definition) is 3. The van der Waals surface area contributed by atoms with E-state index in [9.17, 15) is 14.4 Å². The Morgan fingerprint density at radius 3 is 2.13 bits per heavy atom. The predicted molar refractivity (Wildman–Crippen MR) is 122 cm³/mol. The normalized spacial score (nSPS) is 10.5. The second kappa shape index (κ2) is 9.30. The number of fused-ring (bicyclic) bond motifs is 1. The van der Waals surface area contributed by atoms with Crippen LogP contribution in [0.2, 0.25) is 0 Å². The first-order valence-corrected chi connectivity index (χ1v) is 9.90. The van der Waals surface area contributed by atoms with E-state index in [4.69, 9.17) is 5.11 Å². The molecule has 0 fully saturated rings. The zero-order chi connectivity index (χ0) is 22.5. The molecule has 3 aromatic rings. The summed E-state index contributed by atoms with van der Waals surface area (Å²) in [5.41, 5.74) is 3.22. The van der Waals surface area contributed by atoms with E-state index in [0.29, 0.717) is 16.9 Å². The number of amides is 3. The summed E-state index contributed by atoms with van der Waals surface area (Å²) in [6.45, 7) is 3.88. The van der Waals surface area contributed by atoms with E-state index in [2.05, 4.69) is 10.6 Å². The van der Waals surface area contributed by atoms with Crippen LogP contribution in [0.1, 0.15) is 27.9 Å². The number of carbonyl (C=O) groups is 3. The number of para-hydroxylation sites is 1. The summed E-state index contributed by atoms with van der Waals surface area (Å²) in [6, 6.07) is 16.2. The third-order valence-corrected chi connectivity index (χ3v) is 5.09. The van der Waals surface area contributed by atoms with Gasteiger partial charge in [-0.3, -0.25) is 9.59 Å². The Morgan fingerprint density at radius 1 is 0.903 bits per heavy atom. The molecule has 0 aliphatic heterocycles. The molecule has 0 unspecified atom stereocenters. The Balaban J connectivity index is 1.92. The van der Waals surface area contributed by atoms with Crippen LogP contribution in [0.15, 0.2) is 54.6 Å². The number of carbonyl (C=O) groups excluding carboxylic acids is 2. The molecule has 3 rings (SSSR count). The molecule has 0 heterocycles. The molecule has 3 N–H and O–H groups in total. The summed E-state index contributed by atoms with van der Waals surface area (Å²) in [4.78, 5) is 38.0. The zero-order valence-corrected chi connectivity index (χ0v) is 17.7. The second-order valence-electron chi connectivity index (χ2n) is 7.46. The predicted octanol–water partition coefficient (Wildman–Crippen LogP) is 4.65. The van der Waals surface area contributed by atoms with Crippen molar-refractivity contribution in [3.05, 3.63) is 71.3 Å². The molecular weight excluding hydrogens is 394 g/mol. The van der Waals surface area contributed by atoms with E-state index in [0.717, 1.165) is 21.9 Å². The Kier molecular flexibility index (Phi) is 6.55. The standard InChI is InChI=1S/C24H25N3O4/c1-15-7-6-8-16(2)22(15)26-24(31)25-20-14-18-10-5-4-9-17(18)13-19(20)23(30)27(3)12-11-21(28)29/h4-10,13-14H,11-12H2,1-3H3,(H,28,29)(H2,25,26,31). The molecule has 7 heteroatoms. The van der Waals surface area contributed by atoms with Gasteiger partial charge in [0.05, 0.1) is 17.7 Å². The van der Waals surface area contributed by atoms with Crippen LogP contribution in [0.4, 0.5) is 16.2 Å². The van der Waals surface area contributed by atoms with Gasteiger partial charge >= 0.3 is 12.0 Å². The fourth-order valence-corrected chi connectivity index (χ4v) is 3.37. The number of hydrogen-bond acceptors (Lipinski definition) is 3. The molecule has 3 amide bonds. The highest BCUT2D eigenvalue weighted by Crippen LogP contribution is 2.26. The molecule has 0 radical (unpaired) electrons. The van der Waals surface area contributed by atoms with Crippen molar-refractivity contribution in [1.82, 2.24) is 4.90 Å². The highest BCUT2D eigenvalue weighted by atomic mass is 16.4. The first-order valence-electron chi connectivity index (χ1n) is 9.90. The number of nitrogens with zero attached hydrogens (tertiary/aromatic N) is 1. The fraction of sp³-hybridized carbons (Fsp3) is 0.208. The highest BCUT2D eigenvalue weighted by Gasteiger charge is 2.19. The molecule has 0 spiro atoms. The molecule has 0 saturated carbocycles. The van der Waals surface area contributed by atoms with Crippen LogP contribution in [0.5, 0.6) is 0 Å². The van der Waals surface area contributed by atoms with Gasteiger partial charge in [0.2, 0.25) is 0 Å². The molecule has 0 aliphatic rings. The number of nitrogens with one attached hydrogen (secondary N) is 2. The van der Waals surface area contributed by atoms with Gasteiger partial charge in [0.25, 0.3) is 5.91 Å². The molecule has 0 atom stereocenters. The van der Waals surface area contributed by atoms with Crippen molar-refractivity contribution in [2.24, 2.45) is 0 Å². The number of anilines is 2. The Hall–Kier alpha value is -3.87. The smallest absolute Gasteiger partial charge is 0.323 e.